The van der Waals surface area contributed by atoms with E-state index in [0.717, 1.165) is 50.4 Å². The maximum Gasteiger partial charge on any atom is 0.266 e. The first-order valence-electron chi connectivity index (χ1n) is 7.71. The second-order valence-electron chi connectivity index (χ2n) is 5.85. The number of carbonyl (C=O) groups is 1. The number of hydrogen-bond acceptors (Lipinski definition) is 6. The van der Waals surface area contributed by atoms with Gasteiger partial charge in [-0.1, -0.05) is 0 Å². The number of anilines is 1. The lowest BCUT2D eigenvalue weighted by Crippen LogP contribution is -2.35. The fourth-order valence-corrected chi connectivity index (χ4v) is 3.37. The molecule has 0 bridgehead atoms. The molecule has 22 heavy (non-hydrogen) atoms. The zero-order chi connectivity index (χ0) is 14.9. The molecule has 0 atom stereocenters. The van der Waals surface area contributed by atoms with Crippen LogP contribution in [-0.4, -0.2) is 47.1 Å². The summed E-state index contributed by atoms with van der Waals surface area (Å²) in [4.78, 5) is 21.0. The Balaban J connectivity index is 1.42. The maximum atomic E-state index is 12.4. The van der Waals surface area contributed by atoms with Gasteiger partial charge in [-0.3, -0.25) is 4.79 Å². The molecule has 0 aromatic carbocycles. The molecule has 0 N–H and O–H groups in total. The van der Waals surface area contributed by atoms with E-state index in [0.29, 0.717) is 18.4 Å². The molecule has 1 aliphatic carbocycles. The second-order valence-corrected chi connectivity index (χ2v) is 6.63. The van der Waals surface area contributed by atoms with Crippen LogP contribution >= 0.6 is 11.3 Å². The first kappa shape index (κ1) is 13.8. The van der Waals surface area contributed by atoms with E-state index in [-0.39, 0.29) is 5.91 Å². The van der Waals surface area contributed by atoms with E-state index in [9.17, 15) is 4.79 Å². The fourth-order valence-electron chi connectivity index (χ4n) is 2.74. The summed E-state index contributed by atoms with van der Waals surface area (Å²) in [7, 11) is 0. The topological polar surface area (TPSA) is 62.5 Å². The average Bonchev–Trinajstić information content (AvgIpc) is 3.11. The number of nitrogens with zero attached hydrogens (tertiary/aromatic N) is 4. The van der Waals surface area contributed by atoms with Crippen LogP contribution in [-0.2, 0) is 0 Å². The van der Waals surface area contributed by atoms with Gasteiger partial charge in [0.1, 0.15) is 0 Å². The van der Waals surface area contributed by atoms with E-state index in [1.807, 2.05) is 21.7 Å². The summed E-state index contributed by atoms with van der Waals surface area (Å²) >= 11 is 1.56. The van der Waals surface area contributed by atoms with Crippen molar-refractivity contribution in [3.05, 3.63) is 28.3 Å². The van der Waals surface area contributed by atoms with Crippen molar-refractivity contribution < 1.29 is 9.32 Å². The van der Waals surface area contributed by atoms with Crippen molar-refractivity contribution in [2.75, 3.05) is 31.1 Å². The Morgan fingerprint density at radius 3 is 2.95 bits per heavy atom. The summed E-state index contributed by atoms with van der Waals surface area (Å²) in [5.41, 5.74) is 0.786. The van der Waals surface area contributed by atoms with Crippen LogP contribution in [0.3, 0.4) is 0 Å². The molecular formula is C15H18N4O2S. The molecule has 4 rings (SSSR count). The van der Waals surface area contributed by atoms with Crippen LogP contribution in [0, 0.1) is 0 Å². The van der Waals surface area contributed by atoms with Crippen molar-refractivity contribution in [3.8, 4) is 0 Å². The van der Waals surface area contributed by atoms with E-state index in [4.69, 9.17) is 4.52 Å². The highest BCUT2D eigenvalue weighted by Crippen LogP contribution is 2.39. The number of thiophene rings is 1. The molecule has 7 heteroatoms. The zero-order valence-electron chi connectivity index (χ0n) is 12.3. The Labute approximate surface area is 132 Å². The minimum Gasteiger partial charge on any atom is -0.337 e. The smallest absolute Gasteiger partial charge is 0.266 e. The van der Waals surface area contributed by atoms with Crippen molar-refractivity contribution in [3.63, 3.8) is 0 Å². The molecule has 1 amide bonds. The lowest BCUT2D eigenvalue weighted by molar-refractivity contribution is 0.0767. The predicted octanol–water partition coefficient (Wildman–Crippen LogP) is 2.36. The normalized spacial score (nSPS) is 19.3. The standard InChI is InChI=1S/C15H18N4O2S/c20-14(12-4-9-22-10-12)18-5-1-6-19(8-7-18)15-16-13(21-17-15)11-2-3-11/h4,9-11H,1-3,5-8H2. The van der Waals surface area contributed by atoms with Crippen molar-refractivity contribution in [2.24, 2.45) is 0 Å². The van der Waals surface area contributed by atoms with Crippen LogP contribution in [0.1, 0.15) is 41.4 Å². The van der Waals surface area contributed by atoms with Crippen molar-refractivity contribution in [1.82, 2.24) is 15.0 Å². The van der Waals surface area contributed by atoms with Crippen LogP contribution in [0.25, 0.3) is 0 Å². The lowest BCUT2D eigenvalue weighted by atomic mass is 10.3. The third-order valence-electron chi connectivity index (χ3n) is 4.19. The van der Waals surface area contributed by atoms with Crippen molar-refractivity contribution in [1.29, 1.82) is 0 Å². The predicted molar refractivity (Wildman–Crippen MR) is 83.3 cm³/mol. The first-order chi connectivity index (χ1) is 10.8. The van der Waals surface area contributed by atoms with E-state index in [1.54, 1.807) is 11.3 Å². The van der Waals surface area contributed by atoms with E-state index in [2.05, 4.69) is 15.0 Å². The summed E-state index contributed by atoms with van der Waals surface area (Å²) in [5, 5.41) is 7.95. The molecule has 3 heterocycles. The van der Waals surface area contributed by atoms with Crippen LogP contribution in [0.5, 0.6) is 0 Å². The number of carbonyl (C=O) groups excluding carboxylic acids is 1. The van der Waals surface area contributed by atoms with Crippen LogP contribution in [0.4, 0.5) is 5.95 Å². The lowest BCUT2D eigenvalue weighted by Gasteiger charge is -2.20. The Morgan fingerprint density at radius 2 is 2.18 bits per heavy atom. The molecule has 0 unspecified atom stereocenters. The van der Waals surface area contributed by atoms with Gasteiger partial charge in [0.15, 0.2) is 0 Å². The number of rotatable bonds is 3. The Hall–Kier alpha value is -1.89. The van der Waals surface area contributed by atoms with Crippen molar-refractivity contribution in [2.45, 2.75) is 25.2 Å². The Morgan fingerprint density at radius 1 is 1.27 bits per heavy atom. The Kier molecular flexibility index (Phi) is 3.57. The third kappa shape index (κ3) is 2.72. The van der Waals surface area contributed by atoms with Gasteiger partial charge in [0.05, 0.1) is 5.56 Å². The summed E-state index contributed by atoms with van der Waals surface area (Å²) < 4.78 is 5.33. The molecule has 6 nitrogen and oxygen atoms in total. The van der Waals surface area contributed by atoms with Gasteiger partial charge in [-0.05, 0) is 35.9 Å². The average molecular weight is 318 g/mol. The van der Waals surface area contributed by atoms with E-state index >= 15 is 0 Å². The van der Waals surface area contributed by atoms with Gasteiger partial charge in [-0.25, -0.2) is 0 Å². The van der Waals surface area contributed by atoms with Gasteiger partial charge in [-0.2, -0.15) is 16.3 Å². The Bertz CT molecular complexity index is 650. The minimum atomic E-state index is 0.120. The monoisotopic (exact) mass is 318 g/mol. The summed E-state index contributed by atoms with van der Waals surface area (Å²) in [5.74, 6) is 2.04. The quantitative estimate of drug-likeness (QED) is 0.869. The molecule has 2 fully saturated rings. The van der Waals surface area contributed by atoms with E-state index < -0.39 is 0 Å². The number of aromatic nitrogens is 2. The van der Waals surface area contributed by atoms with Gasteiger partial charge in [-0.15, -0.1) is 0 Å². The van der Waals surface area contributed by atoms with Crippen LogP contribution in [0.2, 0.25) is 0 Å². The van der Waals surface area contributed by atoms with Crippen LogP contribution < -0.4 is 4.90 Å². The first-order valence-corrected chi connectivity index (χ1v) is 8.65. The molecule has 2 aromatic heterocycles. The summed E-state index contributed by atoms with van der Waals surface area (Å²) in [6.45, 7) is 3.08. The van der Waals surface area contributed by atoms with E-state index in [1.165, 1.54) is 0 Å². The van der Waals surface area contributed by atoms with Crippen molar-refractivity contribution >= 4 is 23.2 Å². The summed E-state index contributed by atoms with van der Waals surface area (Å²) in [6, 6.07) is 1.89. The molecule has 1 saturated carbocycles. The molecule has 2 aliphatic rings. The zero-order valence-corrected chi connectivity index (χ0v) is 13.1. The van der Waals surface area contributed by atoms with Crippen LogP contribution in [0.15, 0.2) is 21.3 Å². The molecule has 2 aromatic rings. The molecular weight excluding hydrogens is 300 g/mol. The highest BCUT2D eigenvalue weighted by atomic mass is 32.1. The highest BCUT2D eigenvalue weighted by Gasteiger charge is 2.31. The molecule has 116 valence electrons. The molecule has 1 saturated heterocycles. The minimum absolute atomic E-state index is 0.120. The molecule has 1 aliphatic heterocycles. The largest absolute Gasteiger partial charge is 0.337 e. The summed E-state index contributed by atoms with van der Waals surface area (Å²) in [6.07, 6.45) is 3.23. The number of amides is 1. The number of hydrogen-bond donors (Lipinski definition) is 0. The SMILES string of the molecule is O=C(c1ccsc1)N1CCCN(c2noc(C3CC3)n2)CC1. The fraction of sp³-hybridized carbons (Fsp3) is 0.533. The third-order valence-corrected chi connectivity index (χ3v) is 4.87. The van der Waals surface area contributed by atoms with Gasteiger partial charge >= 0.3 is 0 Å². The van der Waals surface area contributed by atoms with Gasteiger partial charge in [0, 0.05) is 37.5 Å². The maximum absolute atomic E-state index is 12.4. The molecule has 0 spiro atoms. The second kappa shape index (κ2) is 5.72. The van der Waals surface area contributed by atoms with Gasteiger partial charge in [0.2, 0.25) is 5.89 Å². The highest BCUT2D eigenvalue weighted by molar-refractivity contribution is 7.08. The molecule has 0 radical (unpaired) electrons. The van der Waals surface area contributed by atoms with Gasteiger partial charge < -0.3 is 14.3 Å². The van der Waals surface area contributed by atoms with Gasteiger partial charge in [0.25, 0.3) is 11.9 Å².